The monoisotopic (exact) mass is 800 g/mol. The third kappa shape index (κ3) is 5.98. The summed E-state index contributed by atoms with van der Waals surface area (Å²) in [7, 11) is 0. The van der Waals surface area contributed by atoms with Gasteiger partial charge in [0.05, 0.1) is 17.3 Å². The molecule has 0 aliphatic heterocycles. The number of carbonyl (C=O) groups is 3. The molecule has 0 amide bonds. The lowest BCUT2D eigenvalue weighted by Crippen LogP contribution is -2.69. The Morgan fingerprint density at radius 1 is 0.982 bits per heavy atom. The molecule has 57 heavy (non-hydrogen) atoms. The first-order chi connectivity index (χ1) is 26.5. The van der Waals surface area contributed by atoms with Crippen molar-refractivity contribution in [2.75, 3.05) is 0 Å². The Morgan fingerprint density at radius 2 is 1.65 bits per heavy atom. The van der Waals surface area contributed by atoms with Crippen molar-refractivity contribution in [3.63, 3.8) is 0 Å². The second-order valence-corrected chi connectivity index (χ2v) is 21.4. The molecule has 1 aromatic carbocycles. The molecule has 0 bridgehead atoms. The Balaban J connectivity index is 1.26. The molecule has 8 atom stereocenters. The van der Waals surface area contributed by atoms with Crippen LogP contribution in [0.5, 0.6) is 0 Å². The van der Waals surface area contributed by atoms with Gasteiger partial charge in [-0.1, -0.05) is 92.1 Å². The molecule has 1 heterocycles. The minimum absolute atomic E-state index is 0.00741. The molecule has 8 unspecified atom stereocenters. The number of ketones is 1. The number of fused-ring (bicyclic) bond motifs is 7. The molecule has 8 nitrogen and oxygen atoms in total. The van der Waals surface area contributed by atoms with Gasteiger partial charge < -0.3 is 14.3 Å². The molecule has 4 fully saturated rings. The molecule has 0 spiro atoms. The lowest BCUT2D eigenvalue weighted by molar-refractivity contribution is -0.252. The SMILES string of the molecule is C=C(c1ccc(Cl)cc1)c1nnc(C23CCC4(C)C(CCC)(CCC5C6(C)CCC(OC(=O)CC(C)(C)C(=O)O)C(C)(C)C6CCC54C)C2=C(C(C)C)C(=O)C3)o1. The van der Waals surface area contributed by atoms with E-state index < -0.39 is 22.8 Å². The number of hydrogen-bond acceptors (Lipinski definition) is 7. The van der Waals surface area contributed by atoms with Gasteiger partial charge in [-0.25, -0.2) is 0 Å². The number of esters is 1. The summed E-state index contributed by atoms with van der Waals surface area (Å²) in [6, 6.07) is 7.48. The van der Waals surface area contributed by atoms with Gasteiger partial charge in [-0.2, -0.15) is 0 Å². The van der Waals surface area contributed by atoms with Crippen LogP contribution in [0.3, 0.4) is 0 Å². The highest BCUT2D eigenvalue weighted by molar-refractivity contribution is 6.30. The number of Topliss-reactive ketones (excluding diaryl/α,β-unsaturated/α-hetero) is 1. The summed E-state index contributed by atoms with van der Waals surface area (Å²) in [5, 5.41) is 19.7. The number of carboxylic acid groups (broad SMARTS) is 1. The van der Waals surface area contributed by atoms with Crippen molar-refractivity contribution >= 4 is 34.9 Å². The van der Waals surface area contributed by atoms with E-state index in [0.717, 1.165) is 75.3 Å². The van der Waals surface area contributed by atoms with E-state index in [1.54, 1.807) is 13.8 Å². The van der Waals surface area contributed by atoms with E-state index in [2.05, 4.69) is 67.1 Å². The third-order valence-corrected chi connectivity index (χ3v) is 17.4. The van der Waals surface area contributed by atoms with Crippen LogP contribution in [0, 0.1) is 50.2 Å². The van der Waals surface area contributed by atoms with Gasteiger partial charge in [0.2, 0.25) is 11.8 Å². The number of allylic oxidation sites excluding steroid dienone is 2. The zero-order valence-electron chi connectivity index (χ0n) is 36.1. The van der Waals surface area contributed by atoms with Crippen LogP contribution in [0.25, 0.3) is 5.57 Å². The van der Waals surface area contributed by atoms with Crippen molar-refractivity contribution in [3.05, 3.63) is 64.4 Å². The average molecular weight is 802 g/mol. The fourth-order valence-electron chi connectivity index (χ4n) is 14.2. The number of aliphatic carboxylic acids is 1. The maximum absolute atomic E-state index is 14.5. The van der Waals surface area contributed by atoms with Crippen LogP contribution in [0.1, 0.15) is 164 Å². The van der Waals surface area contributed by atoms with E-state index in [1.807, 2.05) is 24.3 Å². The fraction of sp³-hybridized carbons (Fsp3) is 0.688. The number of nitrogens with zero attached hydrogens (tertiary/aromatic N) is 2. The molecular formula is C48H65ClN2O6. The highest BCUT2D eigenvalue weighted by atomic mass is 35.5. The van der Waals surface area contributed by atoms with Crippen LogP contribution in [0.15, 0.2) is 46.4 Å². The highest BCUT2D eigenvalue weighted by Crippen LogP contribution is 2.81. The first kappa shape index (κ1) is 41.9. The van der Waals surface area contributed by atoms with E-state index in [4.69, 9.17) is 25.9 Å². The summed E-state index contributed by atoms with van der Waals surface area (Å²) in [5.41, 5.74) is 1.39. The Kier molecular flexibility index (Phi) is 10.2. The second kappa shape index (κ2) is 13.9. The number of aromatic nitrogens is 2. The summed E-state index contributed by atoms with van der Waals surface area (Å²) in [6.07, 6.45) is 9.60. The zero-order chi connectivity index (χ0) is 41.7. The Bertz CT molecular complexity index is 2010. The summed E-state index contributed by atoms with van der Waals surface area (Å²) in [4.78, 5) is 39.6. The molecule has 0 saturated heterocycles. The van der Waals surface area contributed by atoms with Crippen LogP contribution in [0.2, 0.25) is 5.02 Å². The van der Waals surface area contributed by atoms with Crippen LogP contribution in [-0.2, 0) is 24.5 Å². The van der Waals surface area contributed by atoms with Crippen molar-refractivity contribution in [2.45, 2.75) is 158 Å². The topological polar surface area (TPSA) is 120 Å². The number of ether oxygens (including phenoxy) is 1. The van der Waals surface area contributed by atoms with Gasteiger partial charge in [-0.15, -0.1) is 10.2 Å². The predicted octanol–water partition coefficient (Wildman–Crippen LogP) is 11.6. The minimum Gasteiger partial charge on any atom is -0.481 e. The standard InChI is InChI=1S/C48H65ClN2O6/c1-12-20-48-23-18-34-44(9)21-19-35(56-36(53)27-42(5,6)41(54)55)43(7,8)33(44)17-22-45(34,10)46(48,11)24-25-47(26-32(52)37(28(2)3)38(47)48)40-51-50-39(57-40)29(4)30-13-15-31(49)16-14-30/h13-16,28,33-35H,4,12,17-27H2,1-3,5-11H3,(H,54,55). The Labute approximate surface area is 345 Å². The predicted molar refractivity (Wildman–Crippen MR) is 222 cm³/mol. The number of halogens is 1. The summed E-state index contributed by atoms with van der Waals surface area (Å²) in [5.74, 6) is 0.590. The molecule has 0 radical (unpaired) electrons. The maximum atomic E-state index is 14.5. The second-order valence-electron chi connectivity index (χ2n) is 21.0. The first-order valence-electron chi connectivity index (χ1n) is 21.5. The lowest BCUT2D eigenvalue weighted by atomic mass is 9.29. The number of benzene rings is 1. The summed E-state index contributed by atoms with van der Waals surface area (Å²) >= 11 is 6.19. The van der Waals surface area contributed by atoms with Gasteiger partial charge >= 0.3 is 11.9 Å². The molecule has 5 aliphatic rings. The third-order valence-electron chi connectivity index (χ3n) is 17.2. The van der Waals surface area contributed by atoms with Crippen LogP contribution in [-0.4, -0.2) is 39.1 Å². The molecule has 2 aromatic rings. The van der Waals surface area contributed by atoms with E-state index in [-0.39, 0.29) is 51.3 Å². The zero-order valence-corrected chi connectivity index (χ0v) is 36.8. The summed E-state index contributed by atoms with van der Waals surface area (Å²) in [6.45, 7) is 26.4. The van der Waals surface area contributed by atoms with Crippen LogP contribution in [0.4, 0.5) is 0 Å². The van der Waals surface area contributed by atoms with Gasteiger partial charge in [-0.3, -0.25) is 14.4 Å². The first-order valence-corrected chi connectivity index (χ1v) is 21.9. The molecule has 1 N–H and O–H groups in total. The minimum atomic E-state index is -1.18. The van der Waals surface area contributed by atoms with Gasteiger partial charge in [-0.05, 0) is 140 Å². The van der Waals surface area contributed by atoms with Crippen molar-refractivity contribution in [2.24, 2.45) is 50.2 Å². The molecule has 1 aromatic heterocycles. The number of carbonyl (C=O) groups excluding carboxylic acids is 2. The van der Waals surface area contributed by atoms with E-state index in [1.165, 1.54) is 5.57 Å². The van der Waals surface area contributed by atoms with Crippen molar-refractivity contribution < 1.29 is 28.6 Å². The van der Waals surface area contributed by atoms with E-state index in [0.29, 0.717) is 40.6 Å². The Hall–Kier alpha value is -3.26. The number of carboxylic acids is 1. The van der Waals surface area contributed by atoms with Gasteiger partial charge in [0.25, 0.3) is 0 Å². The van der Waals surface area contributed by atoms with Crippen LogP contribution < -0.4 is 0 Å². The molecule has 4 saturated carbocycles. The molecule has 5 aliphatic carbocycles. The molecule has 7 rings (SSSR count). The van der Waals surface area contributed by atoms with Gasteiger partial charge in [0.1, 0.15) is 6.10 Å². The number of rotatable bonds is 10. The Morgan fingerprint density at radius 3 is 2.28 bits per heavy atom. The quantitative estimate of drug-likeness (QED) is 0.236. The van der Waals surface area contributed by atoms with Gasteiger partial charge in [0, 0.05) is 22.4 Å². The van der Waals surface area contributed by atoms with Crippen molar-refractivity contribution in [3.8, 4) is 0 Å². The lowest BCUT2D eigenvalue weighted by Gasteiger charge is -2.75. The average Bonchev–Trinajstić information content (AvgIpc) is 3.74. The molecule has 310 valence electrons. The summed E-state index contributed by atoms with van der Waals surface area (Å²) < 4.78 is 12.9. The molecule has 9 heteroatoms. The van der Waals surface area contributed by atoms with E-state index in [9.17, 15) is 19.5 Å². The maximum Gasteiger partial charge on any atom is 0.309 e. The fourth-order valence-corrected chi connectivity index (χ4v) is 14.4. The normalized spacial score (nSPS) is 35.9. The largest absolute Gasteiger partial charge is 0.481 e. The van der Waals surface area contributed by atoms with Crippen molar-refractivity contribution in [1.82, 2.24) is 10.2 Å². The van der Waals surface area contributed by atoms with Crippen LogP contribution >= 0.6 is 11.6 Å². The van der Waals surface area contributed by atoms with Gasteiger partial charge in [0.15, 0.2) is 5.78 Å². The van der Waals surface area contributed by atoms with Crippen molar-refractivity contribution in [1.29, 1.82) is 0 Å². The van der Waals surface area contributed by atoms with E-state index >= 15 is 0 Å². The number of hydrogen-bond donors (Lipinski definition) is 1. The molecular weight excluding hydrogens is 736 g/mol. The smallest absolute Gasteiger partial charge is 0.309 e. The highest BCUT2D eigenvalue weighted by Gasteiger charge is 2.75.